The third-order valence-corrected chi connectivity index (χ3v) is 5.10. The molecule has 3 rings (SSSR count). The molecule has 0 saturated carbocycles. The number of hydrogen-bond acceptors (Lipinski definition) is 7. The smallest absolute Gasteiger partial charge is 0.161 e. The van der Waals surface area contributed by atoms with E-state index in [1.54, 1.807) is 11.3 Å². The lowest BCUT2D eigenvalue weighted by atomic mass is 10.2. The molecule has 0 bridgehead atoms. The molecule has 1 aromatic carbocycles. The fourth-order valence-corrected chi connectivity index (χ4v) is 3.74. The van der Waals surface area contributed by atoms with Crippen LogP contribution in [-0.2, 0) is 0 Å². The molecule has 0 saturated heterocycles. The second kappa shape index (κ2) is 9.82. The molecular weight excluding hydrogens is 386 g/mol. The number of thiazole rings is 1. The Morgan fingerprint density at radius 3 is 2.48 bits per heavy atom. The van der Waals surface area contributed by atoms with E-state index in [1.165, 1.54) is 0 Å². The van der Waals surface area contributed by atoms with Gasteiger partial charge in [-0.05, 0) is 58.3 Å². The van der Waals surface area contributed by atoms with Gasteiger partial charge in [-0.3, -0.25) is 0 Å². The van der Waals surface area contributed by atoms with E-state index >= 15 is 0 Å². The lowest BCUT2D eigenvalue weighted by Crippen LogP contribution is -2.20. The molecule has 0 fully saturated rings. The van der Waals surface area contributed by atoms with Crippen molar-refractivity contribution in [2.75, 3.05) is 33.9 Å². The Morgan fingerprint density at radius 1 is 1.00 bits per heavy atom. The zero-order valence-corrected chi connectivity index (χ0v) is 18.1. The lowest BCUT2D eigenvalue weighted by molar-refractivity contribution is 0.134. The molecule has 0 amide bonds. The van der Waals surface area contributed by atoms with Gasteiger partial charge in [0.1, 0.15) is 16.8 Å². The topological polar surface area (TPSA) is 67.7 Å². The Kier molecular flexibility index (Phi) is 7.19. The monoisotopic (exact) mass is 413 g/mol. The molecule has 29 heavy (non-hydrogen) atoms. The first-order chi connectivity index (χ1) is 14.0. The molecule has 0 aliphatic carbocycles. The summed E-state index contributed by atoms with van der Waals surface area (Å²) in [5.41, 5.74) is 3.15. The molecule has 7 heteroatoms. The van der Waals surface area contributed by atoms with Crippen LogP contribution in [0.15, 0.2) is 41.8 Å². The summed E-state index contributed by atoms with van der Waals surface area (Å²) in [4.78, 5) is 11.3. The number of likely N-dealkylation sites (N-methyl/N-ethyl adjacent to an activating group) is 1. The minimum atomic E-state index is -0.636. The van der Waals surface area contributed by atoms with Crippen molar-refractivity contribution in [2.45, 2.75) is 20.0 Å². The molecule has 1 atom stereocenters. The molecule has 154 valence electrons. The van der Waals surface area contributed by atoms with E-state index in [0.29, 0.717) is 25.5 Å². The average molecular weight is 414 g/mol. The van der Waals surface area contributed by atoms with Gasteiger partial charge in [-0.15, -0.1) is 11.3 Å². The van der Waals surface area contributed by atoms with Crippen LogP contribution in [0, 0.1) is 0 Å². The minimum absolute atomic E-state index is 0.519. The molecule has 6 nitrogen and oxygen atoms in total. The van der Waals surface area contributed by atoms with Gasteiger partial charge in [-0.2, -0.15) is 0 Å². The Hall–Kier alpha value is -2.48. The standard InChI is InChI=1S/C22H27N3O3S/c1-5-27-20-11-10-15(12-21(20)28-6-2)22-24-18(14-29-22)16-8-7-9-17(23-16)19(26)13-25(3)4/h7-12,14,19,26H,5-6,13H2,1-4H3. The summed E-state index contributed by atoms with van der Waals surface area (Å²) in [6.07, 6.45) is -0.636. The van der Waals surface area contributed by atoms with Crippen LogP contribution in [0.2, 0.25) is 0 Å². The van der Waals surface area contributed by atoms with Crippen LogP contribution in [0.1, 0.15) is 25.6 Å². The zero-order chi connectivity index (χ0) is 20.8. The second-order valence-corrected chi connectivity index (χ2v) is 7.65. The number of hydrogen-bond donors (Lipinski definition) is 1. The van der Waals surface area contributed by atoms with Crippen molar-refractivity contribution in [3.63, 3.8) is 0 Å². The quantitative estimate of drug-likeness (QED) is 0.565. The molecule has 2 heterocycles. The summed E-state index contributed by atoms with van der Waals surface area (Å²) in [5, 5.41) is 13.2. The maximum atomic E-state index is 10.3. The van der Waals surface area contributed by atoms with Gasteiger partial charge in [0.2, 0.25) is 0 Å². The van der Waals surface area contributed by atoms with E-state index in [0.717, 1.165) is 33.5 Å². The van der Waals surface area contributed by atoms with Crippen LogP contribution < -0.4 is 9.47 Å². The number of aliphatic hydroxyl groups is 1. The summed E-state index contributed by atoms with van der Waals surface area (Å²) in [6, 6.07) is 11.5. The van der Waals surface area contributed by atoms with Gasteiger partial charge in [0.05, 0.1) is 24.6 Å². The third-order valence-electron chi connectivity index (χ3n) is 4.21. The highest BCUT2D eigenvalue weighted by Gasteiger charge is 2.14. The molecule has 0 spiro atoms. The van der Waals surface area contributed by atoms with Crippen molar-refractivity contribution in [2.24, 2.45) is 0 Å². The van der Waals surface area contributed by atoms with Crippen LogP contribution >= 0.6 is 11.3 Å². The first-order valence-corrected chi connectivity index (χ1v) is 10.6. The molecule has 1 N–H and O–H groups in total. The van der Waals surface area contributed by atoms with E-state index in [1.807, 2.05) is 74.6 Å². The van der Waals surface area contributed by atoms with E-state index < -0.39 is 6.10 Å². The molecule has 0 aliphatic heterocycles. The lowest BCUT2D eigenvalue weighted by Gasteiger charge is -2.15. The molecule has 3 aromatic rings. The van der Waals surface area contributed by atoms with Gasteiger partial charge in [0.25, 0.3) is 0 Å². The SMILES string of the molecule is CCOc1ccc(-c2nc(-c3cccc(C(O)CN(C)C)n3)cs2)cc1OCC. The van der Waals surface area contributed by atoms with Gasteiger partial charge < -0.3 is 19.5 Å². The number of aromatic nitrogens is 2. The molecular formula is C22H27N3O3S. The van der Waals surface area contributed by atoms with Crippen molar-refractivity contribution in [1.82, 2.24) is 14.9 Å². The normalized spacial score (nSPS) is 12.2. The summed E-state index contributed by atoms with van der Waals surface area (Å²) in [6.45, 7) is 5.58. The van der Waals surface area contributed by atoms with E-state index in [-0.39, 0.29) is 0 Å². The van der Waals surface area contributed by atoms with Crippen molar-refractivity contribution >= 4 is 11.3 Å². The minimum Gasteiger partial charge on any atom is -0.490 e. The predicted molar refractivity (Wildman–Crippen MR) is 117 cm³/mol. The van der Waals surface area contributed by atoms with Crippen molar-refractivity contribution in [3.8, 4) is 33.5 Å². The Balaban J connectivity index is 1.87. The first kappa shape index (κ1) is 21.2. The van der Waals surface area contributed by atoms with Gasteiger partial charge in [-0.1, -0.05) is 6.07 Å². The second-order valence-electron chi connectivity index (χ2n) is 6.79. The van der Waals surface area contributed by atoms with Crippen LogP contribution in [-0.4, -0.2) is 53.8 Å². The van der Waals surface area contributed by atoms with Crippen molar-refractivity contribution in [3.05, 3.63) is 47.5 Å². The molecule has 0 radical (unpaired) electrons. The largest absolute Gasteiger partial charge is 0.490 e. The summed E-state index contributed by atoms with van der Waals surface area (Å²) < 4.78 is 11.4. The fraction of sp³-hybridized carbons (Fsp3) is 0.364. The fourth-order valence-electron chi connectivity index (χ4n) is 2.93. The van der Waals surface area contributed by atoms with E-state index in [2.05, 4.69) is 4.98 Å². The Morgan fingerprint density at radius 2 is 1.76 bits per heavy atom. The number of pyridine rings is 1. The van der Waals surface area contributed by atoms with Crippen LogP contribution in [0.3, 0.4) is 0 Å². The third kappa shape index (κ3) is 5.32. The van der Waals surface area contributed by atoms with Gasteiger partial charge >= 0.3 is 0 Å². The number of nitrogens with zero attached hydrogens (tertiary/aromatic N) is 3. The maximum absolute atomic E-state index is 10.3. The molecule has 0 aliphatic rings. The van der Waals surface area contributed by atoms with Crippen LogP contribution in [0.25, 0.3) is 22.0 Å². The summed E-state index contributed by atoms with van der Waals surface area (Å²) in [5.74, 6) is 1.45. The highest BCUT2D eigenvalue weighted by atomic mass is 32.1. The van der Waals surface area contributed by atoms with Crippen LogP contribution in [0.5, 0.6) is 11.5 Å². The Labute approximate surface area is 175 Å². The number of benzene rings is 1. The first-order valence-electron chi connectivity index (χ1n) is 9.67. The highest BCUT2D eigenvalue weighted by molar-refractivity contribution is 7.13. The Bertz CT molecular complexity index is 943. The number of rotatable bonds is 9. The zero-order valence-electron chi connectivity index (χ0n) is 17.3. The average Bonchev–Trinajstić information content (AvgIpc) is 3.19. The van der Waals surface area contributed by atoms with E-state index in [9.17, 15) is 5.11 Å². The molecule has 1 unspecified atom stereocenters. The number of aliphatic hydroxyl groups excluding tert-OH is 1. The molecule has 2 aromatic heterocycles. The van der Waals surface area contributed by atoms with Gasteiger partial charge in [0.15, 0.2) is 11.5 Å². The van der Waals surface area contributed by atoms with Crippen LogP contribution in [0.4, 0.5) is 0 Å². The van der Waals surface area contributed by atoms with Crippen molar-refractivity contribution in [1.29, 1.82) is 0 Å². The van der Waals surface area contributed by atoms with Crippen molar-refractivity contribution < 1.29 is 14.6 Å². The van der Waals surface area contributed by atoms with Gasteiger partial charge in [-0.25, -0.2) is 9.97 Å². The summed E-state index contributed by atoms with van der Waals surface area (Å²) in [7, 11) is 3.85. The predicted octanol–water partition coefficient (Wildman–Crippen LogP) is 4.26. The number of ether oxygens (including phenoxy) is 2. The highest BCUT2D eigenvalue weighted by Crippen LogP contribution is 2.35. The van der Waals surface area contributed by atoms with Gasteiger partial charge in [0, 0.05) is 17.5 Å². The van der Waals surface area contributed by atoms with E-state index in [4.69, 9.17) is 14.5 Å². The summed E-state index contributed by atoms with van der Waals surface area (Å²) >= 11 is 1.55. The maximum Gasteiger partial charge on any atom is 0.161 e.